The third-order valence-corrected chi connectivity index (χ3v) is 6.67. The molecule has 0 bridgehead atoms. The van der Waals surface area contributed by atoms with Crippen LogP contribution in [0.25, 0.3) is 22.5 Å². The van der Waals surface area contributed by atoms with E-state index in [0.717, 1.165) is 53.8 Å². The number of aromatic nitrogens is 4. The zero-order valence-corrected chi connectivity index (χ0v) is 21.5. The largest absolute Gasteiger partial charge is 0.462 e. The standard InChI is InChI=1S/C29H30N4O5/c1-3-4-9-25-30-18(2)24(16-26(34)37-21-14-15-21)28(35)33(25)17-19-10-12-20(13-11-19)22-7-5-6-8-23(22)27-31-29(36)38-32-27/h5-8,10-13,21H,3-4,9,14-17H2,1-2H3,(H,31,32,36). The van der Waals surface area contributed by atoms with E-state index in [4.69, 9.17) is 9.72 Å². The summed E-state index contributed by atoms with van der Waals surface area (Å²) in [6, 6.07) is 15.5. The Morgan fingerprint density at radius 1 is 1.11 bits per heavy atom. The molecule has 9 nitrogen and oxygen atoms in total. The highest BCUT2D eigenvalue weighted by Gasteiger charge is 2.27. The molecule has 9 heteroatoms. The lowest BCUT2D eigenvalue weighted by Crippen LogP contribution is -2.31. The molecule has 1 saturated carbocycles. The van der Waals surface area contributed by atoms with Crippen LogP contribution < -0.4 is 11.3 Å². The maximum absolute atomic E-state index is 13.6. The first-order valence-corrected chi connectivity index (χ1v) is 13.0. The lowest BCUT2D eigenvalue weighted by atomic mass is 9.98. The zero-order valence-electron chi connectivity index (χ0n) is 21.5. The van der Waals surface area contributed by atoms with Gasteiger partial charge in [0.1, 0.15) is 11.9 Å². The Hall–Kier alpha value is -4.27. The Morgan fingerprint density at radius 2 is 1.84 bits per heavy atom. The van der Waals surface area contributed by atoms with Crippen molar-refractivity contribution in [2.24, 2.45) is 0 Å². The molecule has 0 unspecified atom stereocenters. The van der Waals surface area contributed by atoms with Crippen molar-refractivity contribution in [3.63, 3.8) is 0 Å². The van der Waals surface area contributed by atoms with Gasteiger partial charge in [0.25, 0.3) is 5.56 Å². The second-order valence-corrected chi connectivity index (χ2v) is 9.64. The topological polar surface area (TPSA) is 120 Å². The summed E-state index contributed by atoms with van der Waals surface area (Å²) in [5, 5.41) is 3.82. The monoisotopic (exact) mass is 514 g/mol. The number of ether oxygens (including phenoxy) is 1. The number of aryl methyl sites for hydroxylation is 2. The first-order valence-electron chi connectivity index (χ1n) is 13.0. The maximum Gasteiger partial charge on any atom is 0.439 e. The average Bonchev–Trinajstić information content (AvgIpc) is 3.63. The van der Waals surface area contributed by atoms with Crippen molar-refractivity contribution in [2.75, 3.05) is 0 Å². The molecule has 1 aliphatic rings. The molecule has 2 aromatic carbocycles. The van der Waals surface area contributed by atoms with E-state index in [2.05, 4.69) is 21.6 Å². The van der Waals surface area contributed by atoms with E-state index in [9.17, 15) is 14.4 Å². The van der Waals surface area contributed by atoms with Gasteiger partial charge in [-0.3, -0.25) is 23.7 Å². The van der Waals surface area contributed by atoms with Crippen LogP contribution in [0.15, 0.2) is 62.6 Å². The van der Waals surface area contributed by atoms with Crippen LogP contribution in [0, 0.1) is 6.92 Å². The van der Waals surface area contributed by atoms with E-state index in [1.54, 1.807) is 11.5 Å². The first-order chi connectivity index (χ1) is 18.4. The number of carbonyl (C=O) groups is 1. The lowest BCUT2D eigenvalue weighted by Gasteiger charge is -2.16. The SMILES string of the molecule is CCCCc1nc(C)c(CC(=O)OC2CC2)c(=O)n1Cc1ccc(-c2ccccc2-c2noc(=O)[nH]2)cc1. The minimum atomic E-state index is -0.610. The summed E-state index contributed by atoms with van der Waals surface area (Å²) in [6.45, 7) is 4.23. The fourth-order valence-electron chi connectivity index (χ4n) is 4.47. The van der Waals surface area contributed by atoms with Crippen LogP contribution >= 0.6 is 0 Å². The number of aromatic amines is 1. The predicted molar refractivity (Wildman–Crippen MR) is 142 cm³/mol. The molecule has 2 heterocycles. The Kier molecular flexibility index (Phi) is 7.35. The number of nitrogens with zero attached hydrogens (tertiary/aromatic N) is 3. The number of nitrogens with one attached hydrogen (secondary N) is 1. The molecule has 196 valence electrons. The van der Waals surface area contributed by atoms with Gasteiger partial charge in [-0.05, 0) is 42.9 Å². The van der Waals surface area contributed by atoms with Crippen molar-refractivity contribution >= 4 is 5.97 Å². The highest BCUT2D eigenvalue weighted by atomic mass is 16.5. The number of H-pyrrole nitrogens is 1. The number of hydrogen-bond donors (Lipinski definition) is 1. The number of unbranched alkanes of at least 4 members (excludes halogenated alkanes) is 1. The van der Waals surface area contributed by atoms with Crippen LogP contribution in [0.3, 0.4) is 0 Å². The molecule has 0 amide bonds. The van der Waals surface area contributed by atoms with Crippen molar-refractivity contribution in [3.05, 3.63) is 92.1 Å². The minimum absolute atomic E-state index is 0.00463. The van der Waals surface area contributed by atoms with Gasteiger partial charge in [0.15, 0.2) is 5.82 Å². The number of rotatable bonds is 10. The highest BCUT2D eigenvalue weighted by molar-refractivity contribution is 5.80. The number of esters is 1. The molecule has 0 spiro atoms. The predicted octanol–water partition coefficient (Wildman–Crippen LogP) is 4.20. The number of benzene rings is 2. The van der Waals surface area contributed by atoms with Gasteiger partial charge in [0.05, 0.1) is 13.0 Å². The summed E-state index contributed by atoms with van der Waals surface area (Å²) >= 11 is 0. The molecule has 38 heavy (non-hydrogen) atoms. The molecule has 1 fully saturated rings. The second-order valence-electron chi connectivity index (χ2n) is 9.64. The van der Waals surface area contributed by atoms with Crippen LogP contribution in [-0.4, -0.2) is 31.8 Å². The summed E-state index contributed by atoms with van der Waals surface area (Å²) in [7, 11) is 0. The molecule has 2 aromatic heterocycles. The Labute approximate surface area is 219 Å². The van der Waals surface area contributed by atoms with Gasteiger partial charge in [-0.15, -0.1) is 0 Å². The number of hydrogen-bond acceptors (Lipinski definition) is 7. The number of carbonyl (C=O) groups excluding carboxylic acids is 1. The molecule has 0 saturated heterocycles. The molecular weight excluding hydrogens is 484 g/mol. The lowest BCUT2D eigenvalue weighted by molar-refractivity contribution is -0.144. The maximum atomic E-state index is 13.6. The van der Waals surface area contributed by atoms with Crippen LogP contribution in [0.4, 0.5) is 0 Å². The van der Waals surface area contributed by atoms with E-state index in [1.165, 1.54) is 0 Å². The van der Waals surface area contributed by atoms with Gasteiger partial charge in [-0.1, -0.05) is 67.0 Å². The van der Waals surface area contributed by atoms with Gasteiger partial charge in [-0.2, -0.15) is 0 Å². The molecule has 1 N–H and O–H groups in total. The van der Waals surface area contributed by atoms with Crippen LogP contribution in [0.5, 0.6) is 0 Å². The second kappa shape index (κ2) is 11.0. The van der Waals surface area contributed by atoms with Crippen molar-refractivity contribution in [2.45, 2.75) is 65.0 Å². The summed E-state index contributed by atoms with van der Waals surface area (Å²) in [4.78, 5) is 44.7. The summed E-state index contributed by atoms with van der Waals surface area (Å²) in [6.07, 6.45) is 4.28. The summed E-state index contributed by atoms with van der Waals surface area (Å²) in [5.74, 6) is 0.0958. The minimum Gasteiger partial charge on any atom is -0.462 e. The van der Waals surface area contributed by atoms with Crippen molar-refractivity contribution in [1.29, 1.82) is 0 Å². The van der Waals surface area contributed by atoms with E-state index < -0.39 is 5.76 Å². The Bertz CT molecular complexity index is 1560. The zero-order chi connectivity index (χ0) is 26.6. The normalized spacial score (nSPS) is 13.0. The average molecular weight is 515 g/mol. The summed E-state index contributed by atoms with van der Waals surface area (Å²) < 4.78 is 11.7. The Balaban J connectivity index is 1.44. The van der Waals surface area contributed by atoms with E-state index in [1.807, 2.05) is 48.5 Å². The van der Waals surface area contributed by atoms with E-state index in [0.29, 0.717) is 30.0 Å². The van der Waals surface area contributed by atoms with Crippen molar-refractivity contribution < 1.29 is 14.1 Å². The third-order valence-electron chi connectivity index (χ3n) is 6.67. The third kappa shape index (κ3) is 5.66. The van der Waals surface area contributed by atoms with Crippen molar-refractivity contribution in [3.8, 4) is 22.5 Å². The van der Waals surface area contributed by atoms with Crippen LogP contribution in [-0.2, 0) is 28.9 Å². The summed E-state index contributed by atoms with van der Waals surface area (Å²) in [5.41, 5.74) is 4.27. The van der Waals surface area contributed by atoms with Gasteiger partial charge in [0.2, 0.25) is 0 Å². The highest BCUT2D eigenvalue weighted by Crippen LogP contribution is 2.30. The fourth-order valence-corrected chi connectivity index (χ4v) is 4.47. The quantitative estimate of drug-likeness (QED) is 0.315. The van der Waals surface area contributed by atoms with E-state index >= 15 is 0 Å². The molecule has 0 radical (unpaired) electrons. The van der Waals surface area contributed by atoms with Crippen molar-refractivity contribution in [1.82, 2.24) is 19.7 Å². The van der Waals surface area contributed by atoms with Crippen LogP contribution in [0.2, 0.25) is 0 Å². The molecule has 0 atom stereocenters. The van der Waals surface area contributed by atoms with Gasteiger partial charge >= 0.3 is 11.7 Å². The molecule has 5 rings (SSSR count). The Morgan fingerprint density at radius 3 is 2.50 bits per heavy atom. The molecule has 0 aliphatic heterocycles. The molecule has 1 aliphatic carbocycles. The fraction of sp³-hybridized carbons (Fsp3) is 0.345. The van der Waals surface area contributed by atoms with Gasteiger partial charge in [-0.25, -0.2) is 9.78 Å². The van der Waals surface area contributed by atoms with Gasteiger partial charge in [0, 0.05) is 23.2 Å². The molecular formula is C29H30N4O5. The van der Waals surface area contributed by atoms with E-state index in [-0.39, 0.29) is 24.1 Å². The van der Waals surface area contributed by atoms with Crippen LogP contribution in [0.1, 0.15) is 55.3 Å². The smallest absolute Gasteiger partial charge is 0.439 e. The van der Waals surface area contributed by atoms with Gasteiger partial charge < -0.3 is 4.74 Å². The first kappa shape index (κ1) is 25.4. The molecule has 4 aromatic rings.